The van der Waals surface area contributed by atoms with Gasteiger partial charge in [-0.3, -0.25) is 5.84 Å². The molecule has 1 aromatic rings. The van der Waals surface area contributed by atoms with Gasteiger partial charge in [0.15, 0.2) is 0 Å². The van der Waals surface area contributed by atoms with Gasteiger partial charge in [-0.05, 0) is 51.0 Å². The number of nitrogens with two attached hydrogens (primary N) is 1. The Morgan fingerprint density at radius 2 is 1.80 bits per heavy atom. The zero-order valence-electron chi connectivity index (χ0n) is 12.4. The third-order valence-corrected chi connectivity index (χ3v) is 4.51. The van der Waals surface area contributed by atoms with Crippen LogP contribution in [0.3, 0.4) is 0 Å². The normalized spacial score (nSPS) is 11.9. The second-order valence-corrected chi connectivity index (χ2v) is 6.60. The summed E-state index contributed by atoms with van der Waals surface area (Å²) < 4.78 is 32.5. The lowest BCUT2D eigenvalue weighted by Gasteiger charge is -2.14. The van der Waals surface area contributed by atoms with Crippen LogP contribution >= 0.6 is 0 Å². The Labute approximate surface area is 120 Å². The Kier molecular flexibility index (Phi) is 5.94. The molecule has 0 saturated heterocycles. The molecule has 0 atom stereocenters. The lowest BCUT2D eigenvalue weighted by molar-refractivity contribution is 0.0834. The summed E-state index contributed by atoms with van der Waals surface area (Å²) in [4.78, 5) is 0.293. The van der Waals surface area contributed by atoms with Gasteiger partial charge >= 0.3 is 0 Å². The van der Waals surface area contributed by atoms with Crippen molar-refractivity contribution in [2.75, 3.05) is 18.6 Å². The van der Waals surface area contributed by atoms with E-state index in [-0.39, 0.29) is 12.6 Å². The Bertz CT molecular complexity index is 533. The van der Waals surface area contributed by atoms with E-state index in [2.05, 4.69) is 10.1 Å². The molecular weight excluding hydrogens is 278 g/mol. The van der Waals surface area contributed by atoms with Gasteiger partial charge in [0.25, 0.3) is 0 Å². The minimum atomic E-state index is -3.54. The van der Waals surface area contributed by atoms with Gasteiger partial charge in [0.2, 0.25) is 10.0 Å². The van der Waals surface area contributed by atoms with Gasteiger partial charge in [-0.2, -0.15) is 0 Å². The number of aryl methyl sites for hydroxylation is 2. The molecule has 1 rings (SSSR count). The lowest BCUT2D eigenvalue weighted by Crippen LogP contribution is -2.29. The number of hydrogen-bond donors (Lipinski definition) is 3. The van der Waals surface area contributed by atoms with Gasteiger partial charge in [-0.25, -0.2) is 13.1 Å². The van der Waals surface area contributed by atoms with Gasteiger partial charge in [0, 0.05) is 12.2 Å². The third kappa shape index (κ3) is 4.45. The van der Waals surface area contributed by atoms with Gasteiger partial charge in [0.1, 0.15) is 0 Å². The van der Waals surface area contributed by atoms with E-state index in [1.165, 1.54) is 0 Å². The molecule has 7 heteroatoms. The predicted octanol–water partition coefficient (Wildman–Crippen LogP) is 1.29. The maximum absolute atomic E-state index is 12.3. The maximum atomic E-state index is 12.3. The first-order valence-electron chi connectivity index (χ1n) is 6.47. The zero-order valence-corrected chi connectivity index (χ0v) is 13.2. The summed E-state index contributed by atoms with van der Waals surface area (Å²) in [5.74, 6) is 5.34. The average Bonchev–Trinajstić information content (AvgIpc) is 2.33. The van der Waals surface area contributed by atoms with Crippen molar-refractivity contribution in [3.63, 3.8) is 0 Å². The molecule has 1 aromatic carbocycles. The van der Waals surface area contributed by atoms with Crippen molar-refractivity contribution in [2.45, 2.75) is 38.7 Å². The van der Waals surface area contributed by atoms with Crippen molar-refractivity contribution in [1.82, 2.24) is 4.72 Å². The van der Waals surface area contributed by atoms with Crippen molar-refractivity contribution < 1.29 is 13.2 Å². The van der Waals surface area contributed by atoms with Crippen LogP contribution in [-0.2, 0) is 14.8 Å². The molecule has 0 fully saturated rings. The zero-order chi connectivity index (χ0) is 15.3. The Hall–Kier alpha value is -1.15. The van der Waals surface area contributed by atoms with Gasteiger partial charge < -0.3 is 10.2 Å². The monoisotopic (exact) mass is 301 g/mol. The predicted molar refractivity (Wildman–Crippen MR) is 80.0 cm³/mol. The molecule has 114 valence electrons. The maximum Gasteiger partial charge on any atom is 0.241 e. The van der Waals surface area contributed by atoms with Crippen LogP contribution in [0.15, 0.2) is 17.0 Å². The van der Waals surface area contributed by atoms with Crippen molar-refractivity contribution in [1.29, 1.82) is 0 Å². The van der Waals surface area contributed by atoms with E-state index in [0.717, 1.165) is 0 Å². The van der Waals surface area contributed by atoms with Gasteiger partial charge in [0.05, 0.1) is 17.6 Å². The van der Waals surface area contributed by atoms with E-state index in [1.54, 1.807) is 26.0 Å². The van der Waals surface area contributed by atoms with Crippen LogP contribution in [0.2, 0.25) is 0 Å². The first kappa shape index (κ1) is 16.9. The molecule has 0 radical (unpaired) electrons. The van der Waals surface area contributed by atoms with Crippen LogP contribution in [0, 0.1) is 13.8 Å². The van der Waals surface area contributed by atoms with Crippen molar-refractivity contribution in [3.05, 3.63) is 23.3 Å². The number of anilines is 1. The summed E-state index contributed by atoms with van der Waals surface area (Å²) in [6, 6.07) is 3.40. The van der Waals surface area contributed by atoms with Gasteiger partial charge in [-0.15, -0.1) is 0 Å². The fourth-order valence-electron chi connectivity index (χ4n) is 2.00. The van der Waals surface area contributed by atoms with Crippen LogP contribution < -0.4 is 16.0 Å². The van der Waals surface area contributed by atoms with Crippen molar-refractivity contribution >= 4 is 15.7 Å². The fourth-order valence-corrected chi connectivity index (χ4v) is 3.46. The van der Waals surface area contributed by atoms with Crippen molar-refractivity contribution in [2.24, 2.45) is 5.84 Å². The molecule has 0 heterocycles. The van der Waals surface area contributed by atoms with Crippen LogP contribution in [0.5, 0.6) is 0 Å². The molecule has 4 N–H and O–H groups in total. The number of sulfonamides is 1. The minimum Gasteiger partial charge on any atom is -0.377 e. The number of hydrazine groups is 1. The topological polar surface area (TPSA) is 93.5 Å². The summed E-state index contributed by atoms with van der Waals surface area (Å²) >= 11 is 0. The number of nitrogens with one attached hydrogen (secondary N) is 2. The molecule has 0 bridgehead atoms. The molecule has 0 spiro atoms. The minimum absolute atomic E-state index is 0.0814. The molecule has 0 aliphatic heterocycles. The second kappa shape index (κ2) is 7.03. The fraction of sp³-hybridized carbons (Fsp3) is 0.538. The number of benzene rings is 1. The summed E-state index contributed by atoms with van der Waals surface area (Å²) in [5.41, 5.74) is 4.50. The summed E-state index contributed by atoms with van der Waals surface area (Å²) in [7, 11) is -3.54. The Balaban J connectivity index is 2.87. The van der Waals surface area contributed by atoms with Crippen LogP contribution in [0.1, 0.15) is 25.0 Å². The van der Waals surface area contributed by atoms with E-state index in [4.69, 9.17) is 10.6 Å². The molecule has 0 aliphatic rings. The Morgan fingerprint density at radius 1 is 1.25 bits per heavy atom. The highest BCUT2D eigenvalue weighted by Crippen LogP contribution is 2.23. The first-order valence-corrected chi connectivity index (χ1v) is 7.95. The van der Waals surface area contributed by atoms with Gasteiger partial charge in [-0.1, -0.05) is 0 Å². The molecule has 6 nitrogen and oxygen atoms in total. The summed E-state index contributed by atoms with van der Waals surface area (Å²) in [5, 5.41) is 0. The molecule has 0 aliphatic carbocycles. The smallest absolute Gasteiger partial charge is 0.241 e. The summed E-state index contributed by atoms with van der Waals surface area (Å²) in [6.07, 6.45) is 0.0814. The quantitative estimate of drug-likeness (QED) is 0.401. The molecular formula is C13H23N3O3S. The third-order valence-electron chi connectivity index (χ3n) is 2.74. The first-order chi connectivity index (χ1) is 9.27. The van der Waals surface area contributed by atoms with Crippen LogP contribution in [0.4, 0.5) is 5.69 Å². The van der Waals surface area contributed by atoms with E-state index in [1.807, 2.05) is 13.8 Å². The highest BCUT2D eigenvalue weighted by Gasteiger charge is 2.19. The van der Waals surface area contributed by atoms with Crippen LogP contribution in [-0.4, -0.2) is 27.7 Å². The molecule has 20 heavy (non-hydrogen) atoms. The molecule has 0 amide bonds. The van der Waals surface area contributed by atoms with E-state index in [9.17, 15) is 8.42 Å². The van der Waals surface area contributed by atoms with E-state index >= 15 is 0 Å². The number of rotatable bonds is 7. The molecule has 0 aromatic heterocycles. The highest BCUT2D eigenvalue weighted by atomic mass is 32.2. The second-order valence-electron chi connectivity index (χ2n) is 4.90. The largest absolute Gasteiger partial charge is 0.377 e. The Morgan fingerprint density at radius 3 is 2.25 bits per heavy atom. The lowest BCUT2D eigenvalue weighted by atomic mass is 10.1. The SMILES string of the molecule is Cc1cc(NN)cc(C)c1S(=O)(=O)NCCOC(C)C. The van der Waals surface area contributed by atoms with E-state index < -0.39 is 10.0 Å². The standard InChI is InChI=1S/C13H23N3O3S/c1-9(2)19-6-5-15-20(17,18)13-10(3)7-12(16-14)8-11(13)4/h7-9,15-16H,5-6,14H2,1-4H3. The highest BCUT2D eigenvalue weighted by molar-refractivity contribution is 7.89. The van der Waals surface area contributed by atoms with Crippen molar-refractivity contribution in [3.8, 4) is 0 Å². The molecule has 0 unspecified atom stereocenters. The molecule has 0 saturated carbocycles. The van der Waals surface area contributed by atoms with Crippen LogP contribution in [0.25, 0.3) is 0 Å². The van der Waals surface area contributed by atoms with E-state index in [0.29, 0.717) is 28.3 Å². The number of nitrogen functional groups attached to an aromatic ring is 1. The average molecular weight is 301 g/mol. The number of hydrogen-bond acceptors (Lipinski definition) is 5. The summed E-state index contributed by atoms with van der Waals surface area (Å²) in [6.45, 7) is 7.89. The number of ether oxygens (including phenoxy) is 1.